The van der Waals surface area contributed by atoms with Crippen LogP contribution in [-0.2, 0) is 9.47 Å². The van der Waals surface area contributed by atoms with E-state index in [9.17, 15) is 9.59 Å². The maximum Gasteiger partial charge on any atom is 0.348 e. The summed E-state index contributed by atoms with van der Waals surface area (Å²) < 4.78 is 11.5. The maximum atomic E-state index is 12.7. The van der Waals surface area contributed by atoms with Crippen LogP contribution in [0.2, 0.25) is 0 Å². The molecule has 0 bridgehead atoms. The lowest BCUT2D eigenvalue weighted by molar-refractivity contribution is 0.0531. The molecule has 1 aliphatic rings. The first-order valence-corrected chi connectivity index (χ1v) is 12.5. The van der Waals surface area contributed by atoms with Crippen molar-refractivity contribution in [2.75, 3.05) is 25.1 Å². The topological polar surface area (TPSA) is 119 Å². The molecule has 0 saturated carbocycles. The van der Waals surface area contributed by atoms with E-state index in [4.69, 9.17) is 9.47 Å². The number of anilines is 1. The molecule has 9 nitrogen and oxygen atoms in total. The molecule has 2 atom stereocenters. The van der Waals surface area contributed by atoms with Gasteiger partial charge < -0.3 is 19.8 Å². The van der Waals surface area contributed by atoms with Crippen LogP contribution in [0.25, 0.3) is 10.2 Å². The maximum absolute atomic E-state index is 12.7. The first kappa shape index (κ1) is 22.2. The molecule has 3 aromatic heterocycles. The zero-order valence-electron chi connectivity index (χ0n) is 17.4. The number of esters is 1. The third-order valence-electron chi connectivity index (χ3n) is 4.85. The van der Waals surface area contributed by atoms with E-state index < -0.39 is 5.97 Å². The van der Waals surface area contributed by atoms with Gasteiger partial charge in [-0.25, -0.2) is 9.78 Å². The number of aromatic amines is 1. The van der Waals surface area contributed by atoms with Gasteiger partial charge in [0.05, 0.1) is 23.3 Å². The molecule has 1 fully saturated rings. The van der Waals surface area contributed by atoms with Crippen LogP contribution in [-0.4, -0.2) is 52.0 Å². The van der Waals surface area contributed by atoms with Crippen molar-refractivity contribution in [3.05, 3.63) is 26.6 Å². The third kappa shape index (κ3) is 4.92. The van der Waals surface area contributed by atoms with Gasteiger partial charge >= 0.3 is 5.97 Å². The Hall–Kier alpha value is -2.02. The standard InChI is InChI=1S/C19H23N5O4S3/c1-4-27-17(26)13-9(2)12-15(25)21-14(22-16(12)30-13)10(3)29-19-24-23-18(31-19)20-8-11-6-5-7-28-11/h10-11H,4-8H2,1-3H3,(H,20,23)(H,21,22,25)/t10-,11+/m0/s1. The summed E-state index contributed by atoms with van der Waals surface area (Å²) in [7, 11) is 0. The highest BCUT2D eigenvalue weighted by molar-refractivity contribution is 8.01. The van der Waals surface area contributed by atoms with E-state index in [2.05, 4.69) is 25.5 Å². The van der Waals surface area contributed by atoms with Crippen molar-refractivity contribution in [3.8, 4) is 0 Å². The lowest BCUT2D eigenvalue weighted by Gasteiger charge is -2.09. The molecule has 1 saturated heterocycles. The van der Waals surface area contributed by atoms with Gasteiger partial charge in [0, 0.05) is 13.2 Å². The Balaban J connectivity index is 1.48. The number of aryl methyl sites for hydroxylation is 1. The smallest absolute Gasteiger partial charge is 0.348 e. The number of nitrogens with one attached hydrogen (secondary N) is 2. The number of thiophene rings is 1. The highest BCUT2D eigenvalue weighted by Gasteiger charge is 2.22. The van der Waals surface area contributed by atoms with Crippen LogP contribution in [0.4, 0.5) is 5.13 Å². The summed E-state index contributed by atoms with van der Waals surface area (Å²) in [5, 5.41) is 12.7. The number of fused-ring (bicyclic) bond motifs is 1. The van der Waals surface area contributed by atoms with Crippen molar-refractivity contribution in [2.45, 2.75) is 49.3 Å². The van der Waals surface area contributed by atoms with E-state index in [1.807, 2.05) is 6.92 Å². The first-order valence-electron chi connectivity index (χ1n) is 10.0. The predicted molar refractivity (Wildman–Crippen MR) is 123 cm³/mol. The second-order valence-electron chi connectivity index (χ2n) is 7.06. The molecule has 0 aromatic carbocycles. The molecular formula is C19H23N5O4S3. The van der Waals surface area contributed by atoms with Gasteiger partial charge in [0.2, 0.25) is 5.13 Å². The van der Waals surface area contributed by atoms with Crippen molar-refractivity contribution >= 4 is 55.8 Å². The average Bonchev–Trinajstić information content (AvgIpc) is 3.47. The Kier molecular flexibility index (Phi) is 6.89. The van der Waals surface area contributed by atoms with Crippen molar-refractivity contribution in [3.63, 3.8) is 0 Å². The van der Waals surface area contributed by atoms with Crippen LogP contribution in [0.3, 0.4) is 0 Å². The van der Waals surface area contributed by atoms with Crippen LogP contribution in [0.5, 0.6) is 0 Å². The van der Waals surface area contributed by atoms with E-state index in [1.54, 1.807) is 13.8 Å². The second kappa shape index (κ2) is 9.63. The normalized spacial score (nSPS) is 17.2. The van der Waals surface area contributed by atoms with Crippen LogP contribution in [0, 0.1) is 6.92 Å². The van der Waals surface area contributed by atoms with Gasteiger partial charge in [-0.1, -0.05) is 23.1 Å². The van der Waals surface area contributed by atoms with Crippen LogP contribution < -0.4 is 10.9 Å². The Labute approximate surface area is 191 Å². The molecule has 0 aliphatic carbocycles. The minimum Gasteiger partial charge on any atom is -0.462 e. The van der Waals surface area contributed by atoms with Crippen molar-refractivity contribution in [1.29, 1.82) is 0 Å². The Morgan fingerprint density at radius 3 is 3.00 bits per heavy atom. The van der Waals surface area contributed by atoms with Gasteiger partial charge in [-0.2, -0.15) is 0 Å². The molecule has 0 amide bonds. The predicted octanol–water partition coefficient (Wildman–Crippen LogP) is 3.77. The Morgan fingerprint density at radius 2 is 2.26 bits per heavy atom. The summed E-state index contributed by atoms with van der Waals surface area (Å²) >= 11 is 4.12. The highest BCUT2D eigenvalue weighted by atomic mass is 32.2. The molecule has 12 heteroatoms. The zero-order chi connectivity index (χ0) is 22.0. The summed E-state index contributed by atoms with van der Waals surface area (Å²) in [6.07, 6.45) is 2.39. The first-order chi connectivity index (χ1) is 15.0. The number of hydrogen-bond donors (Lipinski definition) is 2. The molecule has 4 rings (SSSR count). The number of aromatic nitrogens is 4. The van der Waals surface area contributed by atoms with Gasteiger partial charge in [0.1, 0.15) is 15.5 Å². The van der Waals surface area contributed by atoms with Gasteiger partial charge in [-0.3, -0.25) is 4.79 Å². The van der Waals surface area contributed by atoms with E-state index in [0.29, 0.717) is 26.5 Å². The molecule has 1 aliphatic heterocycles. The number of hydrogen-bond acceptors (Lipinski definition) is 11. The minimum absolute atomic E-state index is 0.149. The molecule has 3 aromatic rings. The summed E-state index contributed by atoms with van der Waals surface area (Å²) in [6.45, 7) is 7.26. The van der Waals surface area contributed by atoms with Crippen molar-refractivity contribution < 1.29 is 14.3 Å². The van der Waals surface area contributed by atoms with E-state index in [0.717, 1.165) is 35.5 Å². The largest absolute Gasteiger partial charge is 0.462 e. The van der Waals surface area contributed by atoms with Crippen molar-refractivity contribution in [2.24, 2.45) is 0 Å². The number of rotatable bonds is 8. The molecular weight excluding hydrogens is 458 g/mol. The summed E-state index contributed by atoms with van der Waals surface area (Å²) in [5.41, 5.74) is 0.345. The fraction of sp³-hybridized carbons (Fsp3) is 0.526. The lowest BCUT2D eigenvalue weighted by atomic mass is 10.2. The molecule has 166 valence electrons. The highest BCUT2D eigenvalue weighted by Crippen LogP contribution is 2.37. The SMILES string of the molecule is CCOC(=O)c1sc2nc([C@H](C)Sc3nnc(NC[C@H]4CCCO4)s3)[nH]c(=O)c2c1C. The second-order valence-corrected chi connectivity index (χ2v) is 10.6. The van der Waals surface area contributed by atoms with Crippen LogP contribution in [0.15, 0.2) is 9.13 Å². The fourth-order valence-corrected chi connectivity index (χ4v) is 6.33. The molecule has 4 heterocycles. The fourth-order valence-electron chi connectivity index (χ4n) is 3.29. The van der Waals surface area contributed by atoms with Gasteiger partial charge in [-0.05, 0) is 39.2 Å². The van der Waals surface area contributed by atoms with Crippen LogP contribution in [0.1, 0.15) is 53.0 Å². The van der Waals surface area contributed by atoms with Gasteiger partial charge in [0.15, 0.2) is 4.34 Å². The Morgan fingerprint density at radius 1 is 1.42 bits per heavy atom. The number of carbonyl (C=O) groups excluding carboxylic acids is 1. The molecule has 2 N–H and O–H groups in total. The molecule has 0 radical (unpaired) electrons. The number of carbonyl (C=O) groups is 1. The van der Waals surface area contributed by atoms with Gasteiger partial charge in [0.25, 0.3) is 5.56 Å². The molecule has 31 heavy (non-hydrogen) atoms. The Bertz CT molecular complexity index is 1140. The van der Waals surface area contributed by atoms with Crippen LogP contribution >= 0.6 is 34.4 Å². The quantitative estimate of drug-likeness (QED) is 0.366. The lowest BCUT2D eigenvalue weighted by Crippen LogP contribution is -2.18. The van der Waals surface area contributed by atoms with Gasteiger partial charge in [-0.15, -0.1) is 21.5 Å². The summed E-state index contributed by atoms with van der Waals surface area (Å²) in [4.78, 5) is 33.3. The number of nitrogens with zero attached hydrogens (tertiary/aromatic N) is 3. The van der Waals surface area contributed by atoms with Crippen molar-refractivity contribution in [1.82, 2.24) is 20.2 Å². The third-order valence-corrected chi connectivity index (χ3v) is 8.09. The van der Waals surface area contributed by atoms with E-state index in [-0.39, 0.29) is 23.5 Å². The summed E-state index contributed by atoms with van der Waals surface area (Å²) in [5.74, 6) is 0.103. The average molecular weight is 482 g/mol. The number of H-pyrrole nitrogens is 1. The zero-order valence-corrected chi connectivity index (χ0v) is 19.8. The number of ether oxygens (including phenoxy) is 2. The molecule has 0 unspecified atom stereocenters. The monoisotopic (exact) mass is 481 g/mol. The molecule has 0 spiro atoms. The summed E-state index contributed by atoms with van der Waals surface area (Å²) in [6, 6.07) is 0. The number of thioether (sulfide) groups is 1. The minimum atomic E-state index is -0.428. The van der Waals surface area contributed by atoms with E-state index >= 15 is 0 Å². The van der Waals surface area contributed by atoms with E-state index in [1.165, 1.54) is 34.4 Å².